The summed E-state index contributed by atoms with van der Waals surface area (Å²) in [5.74, 6) is 1.60. The first-order valence-corrected chi connectivity index (χ1v) is 7.23. The van der Waals surface area contributed by atoms with Crippen LogP contribution in [0.3, 0.4) is 0 Å². The van der Waals surface area contributed by atoms with Crippen molar-refractivity contribution in [3.63, 3.8) is 0 Å². The van der Waals surface area contributed by atoms with Crippen LogP contribution in [0.15, 0.2) is 42.5 Å². The molecule has 0 radical (unpaired) electrons. The lowest BCUT2D eigenvalue weighted by atomic mass is 9.78. The van der Waals surface area contributed by atoms with Gasteiger partial charge in [-0.1, -0.05) is 42.5 Å². The van der Waals surface area contributed by atoms with Gasteiger partial charge in [-0.3, -0.25) is 0 Å². The first-order chi connectivity index (χ1) is 9.79. The quantitative estimate of drug-likeness (QED) is 0.896. The largest absolute Gasteiger partial charge is 0.492 e. The number of hydrogen-bond donors (Lipinski definition) is 1. The van der Waals surface area contributed by atoms with Gasteiger partial charge in [0.25, 0.3) is 0 Å². The second-order valence-corrected chi connectivity index (χ2v) is 5.50. The molecule has 2 aromatic rings. The molecule has 1 N–H and O–H groups in total. The Bertz CT molecular complexity index is 606. The Morgan fingerprint density at radius 3 is 2.80 bits per heavy atom. The van der Waals surface area contributed by atoms with E-state index in [-0.39, 0.29) is 0 Å². The Kier molecular flexibility index (Phi) is 3.75. The Morgan fingerprint density at radius 2 is 2.00 bits per heavy atom. The minimum atomic E-state index is 0.549. The number of hydrogen-bond acceptors (Lipinski definition) is 2. The van der Waals surface area contributed by atoms with Crippen molar-refractivity contribution in [2.45, 2.75) is 25.8 Å². The van der Waals surface area contributed by atoms with Crippen molar-refractivity contribution in [2.24, 2.45) is 0 Å². The zero-order chi connectivity index (χ0) is 13.9. The summed E-state index contributed by atoms with van der Waals surface area (Å²) in [6.07, 6.45) is 1.14. The molecule has 2 heteroatoms. The molecule has 0 heterocycles. The molecule has 1 atom stereocenters. The third kappa shape index (κ3) is 2.44. The molecule has 0 saturated heterocycles. The zero-order valence-corrected chi connectivity index (χ0v) is 12.1. The monoisotopic (exact) mass is 267 g/mol. The second-order valence-electron chi connectivity index (χ2n) is 5.50. The van der Waals surface area contributed by atoms with Gasteiger partial charge >= 0.3 is 0 Å². The lowest BCUT2D eigenvalue weighted by Crippen LogP contribution is -2.23. The Balaban J connectivity index is 1.71. The van der Waals surface area contributed by atoms with Crippen molar-refractivity contribution in [3.8, 4) is 5.75 Å². The van der Waals surface area contributed by atoms with Crippen molar-refractivity contribution in [3.05, 3.63) is 64.7 Å². The zero-order valence-electron chi connectivity index (χ0n) is 12.1. The van der Waals surface area contributed by atoms with E-state index in [4.69, 9.17) is 4.74 Å². The number of nitrogens with one attached hydrogen (secondary N) is 1. The van der Waals surface area contributed by atoms with Crippen LogP contribution in [0.5, 0.6) is 5.75 Å². The first kappa shape index (κ1) is 13.2. The molecule has 0 bridgehead atoms. The van der Waals surface area contributed by atoms with Crippen LogP contribution in [-0.4, -0.2) is 13.7 Å². The number of benzene rings is 2. The smallest absolute Gasteiger partial charge is 0.126 e. The summed E-state index contributed by atoms with van der Waals surface area (Å²) >= 11 is 0. The fourth-order valence-electron chi connectivity index (χ4n) is 2.94. The number of aryl methyl sites for hydroxylation is 1. The Labute approximate surface area is 120 Å². The lowest BCUT2D eigenvalue weighted by molar-refractivity contribution is 0.271. The first-order valence-electron chi connectivity index (χ1n) is 7.23. The molecule has 1 unspecified atom stereocenters. The number of para-hydroxylation sites is 1. The average molecular weight is 267 g/mol. The molecule has 104 valence electrons. The van der Waals surface area contributed by atoms with Crippen LogP contribution >= 0.6 is 0 Å². The summed E-state index contributed by atoms with van der Waals surface area (Å²) in [5.41, 5.74) is 5.38. The van der Waals surface area contributed by atoms with E-state index in [0.29, 0.717) is 5.92 Å². The number of fused-ring (bicyclic) bond motifs is 1. The van der Waals surface area contributed by atoms with E-state index >= 15 is 0 Å². The van der Waals surface area contributed by atoms with Gasteiger partial charge < -0.3 is 10.1 Å². The molecule has 2 aromatic carbocycles. The summed E-state index contributed by atoms with van der Waals surface area (Å²) in [6, 6.07) is 15.0. The fraction of sp³-hybridized carbons (Fsp3) is 0.333. The van der Waals surface area contributed by atoms with Gasteiger partial charge in [0.2, 0.25) is 0 Å². The van der Waals surface area contributed by atoms with Crippen molar-refractivity contribution in [1.82, 2.24) is 5.32 Å². The fourth-order valence-corrected chi connectivity index (χ4v) is 2.94. The molecule has 20 heavy (non-hydrogen) atoms. The van der Waals surface area contributed by atoms with Crippen molar-refractivity contribution in [1.29, 1.82) is 0 Å². The van der Waals surface area contributed by atoms with Crippen molar-refractivity contribution < 1.29 is 4.74 Å². The summed E-state index contributed by atoms with van der Waals surface area (Å²) in [6.45, 7) is 3.74. The highest BCUT2D eigenvalue weighted by Crippen LogP contribution is 2.35. The minimum Gasteiger partial charge on any atom is -0.492 e. The predicted molar refractivity (Wildman–Crippen MR) is 82.3 cm³/mol. The third-order valence-corrected chi connectivity index (χ3v) is 4.05. The van der Waals surface area contributed by atoms with Crippen molar-refractivity contribution in [2.75, 3.05) is 13.7 Å². The third-order valence-electron chi connectivity index (χ3n) is 4.05. The normalized spacial score (nSPS) is 16.4. The van der Waals surface area contributed by atoms with Crippen LogP contribution in [0.4, 0.5) is 0 Å². The summed E-state index contributed by atoms with van der Waals surface area (Å²) in [5, 5.41) is 3.20. The summed E-state index contributed by atoms with van der Waals surface area (Å²) in [4.78, 5) is 0. The molecule has 0 fully saturated rings. The van der Waals surface area contributed by atoms with Gasteiger partial charge in [-0.25, -0.2) is 0 Å². The van der Waals surface area contributed by atoms with Gasteiger partial charge in [-0.15, -0.1) is 0 Å². The predicted octanol–water partition coefficient (Wildman–Crippen LogP) is 3.43. The molecule has 0 aromatic heterocycles. The summed E-state index contributed by atoms with van der Waals surface area (Å²) in [7, 11) is 1.97. The van der Waals surface area contributed by atoms with E-state index in [9.17, 15) is 0 Å². The standard InChI is InChI=1S/C18H21NO/c1-13-6-5-8-15(11-19-2)18(13)20-12-16-10-14-7-3-4-9-17(14)16/h3-9,16,19H,10-12H2,1-2H3. The lowest BCUT2D eigenvalue weighted by Gasteiger charge is -2.30. The van der Waals surface area contributed by atoms with Gasteiger partial charge in [0.1, 0.15) is 5.75 Å². The van der Waals surface area contributed by atoms with Crippen LogP contribution in [0.2, 0.25) is 0 Å². The van der Waals surface area contributed by atoms with Crippen molar-refractivity contribution >= 4 is 0 Å². The SMILES string of the molecule is CNCc1cccc(C)c1OCC1Cc2ccccc21. The van der Waals surface area contributed by atoms with E-state index in [1.807, 2.05) is 7.05 Å². The van der Waals surface area contributed by atoms with Crippen LogP contribution in [0.25, 0.3) is 0 Å². The maximum atomic E-state index is 6.14. The van der Waals surface area contributed by atoms with E-state index in [1.165, 1.54) is 22.3 Å². The topological polar surface area (TPSA) is 21.3 Å². The van der Waals surface area contributed by atoms with Crippen LogP contribution < -0.4 is 10.1 Å². The highest BCUT2D eigenvalue weighted by Gasteiger charge is 2.26. The molecule has 0 amide bonds. The van der Waals surface area contributed by atoms with Gasteiger partial charge in [-0.05, 0) is 37.1 Å². The molecule has 3 rings (SSSR count). The van der Waals surface area contributed by atoms with E-state index in [2.05, 4.69) is 54.7 Å². The van der Waals surface area contributed by atoms with Crippen LogP contribution in [0.1, 0.15) is 28.2 Å². The van der Waals surface area contributed by atoms with Gasteiger partial charge in [0.15, 0.2) is 0 Å². The molecule has 0 saturated carbocycles. The number of ether oxygens (including phenoxy) is 1. The molecule has 1 aliphatic rings. The molecule has 2 nitrogen and oxygen atoms in total. The number of rotatable bonds is 5. The van der Waals surface area contributed by atoms with Crippen LogP contribution in [0, 0.1) is 6.92 Å². The Morgan fingerprint density at radius 1 is 1.15 bits per heavy atom. The highest BCUT2D eigenvalue weighted by atomic mass is 16.5. The molecular formula is C18H21NO. The maximum absolute atomic E-state index is 6.14. The van der Waals surface area contributed by atoms with Crippen LogP contribution in [-0.2, 0) is 13.0 Å². The van der Waals surface area contributed by atoms with E-state index in [0.717, 1.165) is 25.3 Å². The maximum Gasteiger partial charge on any atom is 0.126 e. The molecule has 0 aliphatic heterocycles. The van der Waals surface area contributed by atoms with Gasteiger partial charge in [0, 0.05) is 18.0 Å². The molecule has 1 aliphatic carbocycles. The molecular weight excluding hydrogens is 246 g/mol. The van der Waals surface area contributed by atoms with E-state index < -0.39 is 0 Å². The highest BCUT2D eigenvalue weighted by molar-refractivity contribution is 5.42. The average Bonchev–Trinajstić information content (AvgIpc) is 2.43. The second kappa shape index (κ2) is 5.68. The van der Waals surface area contributed by atoms with E-state index in [1.54, 1.807) is 0 Å². The van der Waals surface area contributed by atoms with Gasteiger partial charge in [-0.2, -0.15) is 0 Å². The molecule has 0 spiro atoms. The minimum absolute atomic E-state index is 0.549. The van der Waals surface area contributed by atoms with Gasteiger partial charge in [0.05, 0.1) is 6.61 Å². The Hall–Kier alpha value is -1.80. The summed E-state index contributed by atoms with van der Waals surface area (Å²) < 4.78 is 6.14.